The predicted molar refractivity (Wildman–Crippen MR) is 64.7 cm³/mol. The monoisotopic (exact) mass is 288 g/mol. The average molecular weight is 288 g/mol. The zero-order valence-corrected chi connectivity index (χ0v) is 11.5. The van der Waals surface area contributed by atoms with Crippen LogP contribution in [-0.2, 0) is 28.7 Å². The number of carbonyl (C=O) groups is 4. The third-order valence-corrected chi connectivity index (χ3v) is 2.73. The molecule has 0 aromatic heterocycles. The largest absolute Gasteiger partial charge is 0.478 e. The van der Waals surface area contributed by atoms with Gasteiger partial charge in [-0.2, -0.15) is 0 Å². The molecule has 0 aromatic rings. The van der Waals surface area contributed by atoms with Gasteiger partial charge in [0.15, 0.2) is 0 Å². The first-order valence-electron chi connectivity index (χ1n) is 5.55. The number of carboxylic acid groups (broad SMARTS) is 2. The molecule has 0 fully saturated rings. The molecule has 2 unspecified atom stereocenters. The summed E-state index contributed by atoms with van der Waals surface area (Å²) >= 11 is 0. The lowest BCUT2D eigenvalue weighted by Crippen LogP contribution is -2.29. The van der Waals surface area contributed by atoms with E-state index in [1.54, 1.807) is 0 Å². The van der Waals surface area contributed by atoms with Crippen LogP contribution in [0.4, 0.5) is 0 Å². The lowest BCUT2D eigenvalue weighted by atomic mass is 9.88. The molecule has 0 amide bonds. The molecular formula is C12H16O8. The van der Waals surface area contributed by atoms with Gasteiger partial charge in [-0.25, -0.2) is 9.59 Å². The van der Waals surface area contributed by atoms with Crippen molar-refractivity contribution in [1.82, 2.24) is 0 Å². The van der Waals surface area contributed by atoms with Crippen LogP contribution in [0.15, 0.2) is 11.1 Å². The van der Waals surface area contributed by atoms with E-state index in [-0.39, 0.29) is 0 Å². The van der Waals surface area contributed by atoms with E-state index in [2.05, 4.69) is 9.47 Å². The van der Waals surface area contributed by atoms with Crippen molar-refractivity contribution < 1.29 is 38.9 Å². The molecule has 0 bridgehead atoms. The first-order valence-corrected chi connectivity index (χ1v) is 5.55. The molecule has 0 heterocycles. The first kappa shape index (κ1) is 17.6. The number of aliphatic carboxylic acids is 2. The molecule has 0 aliphatic carbocycles. The van der Waals surface area contributed by atoms with Gasteiger partial charge in [0.1, 0.15) is 0 Å². The summed E-state index contributed by atoms with van der Waals surface area (Å²) in [6, 6.07) is 0. The molecule has 0 aromatic carbocycles. The number of carboxylic acids is 2. The van der Waals surface area contributed by atoms with Crippen molar-refractivity contribution in [2.24, 2.45) is 11.8 Å². The van der Waals surface area contributed by atoms with Gasteiger partial charge in [-0.3, -0.25) is 9.59 Å². The van der Waals surface area contributed by atoms with E-state index in [1.165, 1.54) is 13.8 Å². The number of hydrogen-bond acceptors (Lipinski definition) is 6. The second-order valence-electron chi connectivity index (χ2n) is 3.93. The van der Waals surface area contributed by atoms with E-state index in [1.807, 2.05) is 0 Å². The maximum absolute atomic E-state index is 11.4. The van der Waals surface area contributed by atoms with E-state index < -0.39 is 46.9 Å². The Morgan fingerprint density at radius 3 is 1.15 bits per heavy atom. The molecule has 0 saturated heterocycles. The smallest absolute Gasteiger partial charge is 0.333 e. The number of hydrogen-bond donors (Lipinski definition) is 2. The Bertz CT molecular complexity index is 420. The number of rotatable bonds is 6. The fourth-order valence-electron chi connectivity index (χ4n) is 1.66. The second-order valence-corrected chi connectivity index (χ2v) is 3.93. The Hall–Kier alpha value is -2.38. The first-order chi connectivity index (χ1) is 9.18. The van der Waals surface area contributed by atoms with Crippen LogP contribution in [0.25, 0.3) is 0 Å². The standard InChI is InChI=1S/C12H16O8/c1-5(11(17)19-3)7(9(13)14)8(10(15)16)6(2)12(18)20-4/h5-6H,1-4H3,(H,13,14)(H,15,16)/b8-7+. The molecule has 0 rings (SSSR count). The quantitative estimate of drug-likeness (QED) is 0.519. The summed E-state index contributed by atoms with van der Waals surface area (Å²) in [5.74, 6) is -7.74. The highest BCUT2D eigenvalue weighted by Gasteiger charge is 2.35. The topological polar surface area (TPSA) is 127 Å². The molecule has 0 spiro atoms. The van der Waals surface area contributed by atoms with Crippen molar-refractivity contribution in [3.8, 4) is 0 Å². The Morgan fingerprint density at radius 2 is 1.00 bits per heavy atom. The van der Waals surface area contributed by atoms with Crippen molar-refractivity contribution in [2.45, 2.75) is 13.8 Å². The Labute approximate surface area is 115 Å². The molecular weight excluding hydrogens is 272 g/mol. The Morgan fingerprint density at radius 1 is 0.750 bits per heavy atom. The minimum Gasteiger partial charge on any atom is -0.478 e. The summed E-state index contributed by atoms with van der Waals surface area (Å²) in [6.45, 7) is 2.37. The molecule has 20 heavy (non-hydrogen) atoms. The van der Waals surface area contributed by atoms with Crippen LogP contribution < -0.4 is 0 Å². The van der Waals surface area contributed by atoms with Crippen LogP contribution in [0, 0.1) is 11.8 Å². The normalized spacial score (nSPS) is 14.6. The van der Waals surface area contributed by atoms with Gasteiger partial charge in [-0.15, -0.1) is 0 Å². The zero-order valence-electron chi connectivity index (χ0n) is 11.5. The number of carbonyl (C=O) groups excluding carboxylic acids is 2. The lowest BCUT2D eigenvalue weighted by Gasteiger charge is -2.17. The van der Waals surface area contributed by atoms with Gasteiger partial charge in [-0.05, 0) is 13.8 Å². The van der Waals surface area contributed by atoms with Gasteiger partial charge in [-0.1, -0.05) is 0 Å². The molecule has 8 heteroatoms. The van der Waals surface area contributed by atoms with Crippen molar-refractivity contribution in [2.75, 3.05) is 14.2 Å². The van der Waals surface area contributed by atoms with E-state index in [9.17, 15) is 19.2 Å². The van der Waals surface area contributed by atoms with Gasteiger partial charge >= 0.3 is 23.9 Å². The van der Waals surface area contributed by atoms with Gasteiger partial charge < -0.3 is 19.7 Å². The third-order valence-electron chi connectivity index (χ3n) is 2.73. The van der Waals surface area contributed by atoms with Crippen LogP contribution in [0.5, 0.6) is 0 Å². The molecule has 0 aliphatic heterocycles. The fraction of sp³-hybridized carbons (Fsp3) is 0.500. The predicted octanol–water partition coefficient (Wildman–Crippen LogP) is 0.0704. The fourth-order valence-corrected chi connectivity index (χ4v) is 1.66. The Kier molecular flexibility index (Phi) is 6.40. The van der Waals surface area contributed by atoms with Crippen LogP contribution in [0.2, 0.25) is 0 Å². The number of esters is 2. The molecule has 0 radical (unpaired) electrons. The highest BCUT2D eigenvalue weighted by molar-refractivity contribution is 6.05. The summed E-state index contributed by atoms with van der Waals surface area (Å²) in [5, 5.41) is 18.3. The highest BCUT2D eigenvalue weighted by atomic mass is 16.5. The van der Waals surface area contributed by atoms with Gasteiger partial charge in [0, 0.05) is 0 Å². The van der Waals surface area contributed by atoms with Crippen LogP contribution in [0.1, 0.15) is 13.8 Å². The van der Waals surface area contributed by atoms with E-state index >= 15 is 0 Å². The molecule has 8 nitrogen and oxygen atoms in total. The minimum absolute atomic E-state index is 0.706. The molecule has 2 N–H and O–H groups in total. The van der Waals surface area contributed by atoms with Gasteiger partial charge in [0.25, 0.3) is 0 Å². The summed E-state index contributed by atoms with van der Waals surface area (Å²) in [5.41, 5.74) is -1.41. The average Bonchev–Trinajstić information content (AvgIpc) is 2.40. The summed E-state index contributed by atoms with van der Waals surface area (Å²) < 4.78 is 8.79. The third kappa shape index (κ3) is 3.81. The maximum Gasteiger partial charge on any atom is 0.333 e. The number of methoxy groups -OCH3 is 2. The van der Waals surface area contributed by atoms with Crippen molar-refractivity contribution >= 4 is 23.9 Å². The highest BCUT2D eigenvalue weighted by Crippen LogP contribution is 2.24. The van der Waals surface area contributed by atoms with Gasteiger partial charge in [0.05, 0.1) is 37.2 Å². The Balaban J connectivity index is 6.07. The summed E-state index contributed by atoms with van der Waals surface area (Å²) in [6.07, 6.45) is 0. The van der Waals surface area contributed by atoms with Crippen molar-refractivity contribution in [3.63, 3.8) is 0 Å². The molecule has 0 aliphatic rings. The van der Waals surface area contributed by atoms with Gasteiger partial charge in [0.2, 0.25) is 0 Å². The van der Waals surface area contributed by atoms with Crippen molar-refractivity contribution in [3.05, 3.63) is 11.1 Å². The minimum atomic E-state index is -1.61. The van der Waals surface area contributed by atoms with Crippen LogP contribution in [0.3, 0.4) is 0 Å². The molecule has 112 valence electrons. The zero-order chi connectivity index (χ0) is 16.0. The van der Waals surface area contributed by atoms with Crippen LogP contribution >= 0.6 is 0 Å². The number of ether oxygens (including phenoxy) is 2. The lowest BCUT2D eigenvalue weighted by molar-refractivity contribution is -0.148. The van der Waals surface area contributed by atoms with E-state index in [0.29, 0.717) is 0 Å². The summed E-state index contributed by atoms with van der Waals surface area (Å²) in [7, 11) is 2.09. The van der Waals surface area contributed by atoms with Crippen LogP contribution in [-0.4, -0.2) is 48.3 Å². The molecule has 2 atom stereocenters. The van der Waals surface area contributed by atoms with Crippen molar-refractivity contribution in [1.29, 1.82) is 0 Å². The summed E-state index contributed by atoms with van der Waals surface area (Å²) in [4.78, 5) is 45.3. The van der Waals surface area contributed by atoms with E-state index in [4.69, 9.17) is 10.2 Å². The second kappa shape index (κ2) is 7.27. The molecule has 0 saturated carbocycles. The maximum atomic E-state index is 11.4. The SMILES string of the molecule is COC(=O)C(C)/C(C(=O)O)=C(\C(=O)O)C(C)C(=O)OC. The van der Waals surface area contributed by atoms with E-state index in [0.717, 1.165) is 14.2 Å².